The topological polar surface area (TPSA) is 68.4 Å². The zero-order valence-electron chi connectivity index (χ0n) is 9.18. The number of aryl methyl sites for hydroxylation is 1. The van der Waals surface area contributed by atoms with E-state index in [9.17, 15) is 0 Å². The Morgan fingerprint density at radius 2 is 2.29 bits per heavy atom. The fourth-order valence-corrected chi connectivity index (χ4v) is 1.55. The van der Waals surface area contributed by atoms with Crippen molar-refractivity contribution in [2.24, 2.45) is 0 Å². The summed E-state index contributed by atoms with van der Waals surface area (Å²) in [7, 11) is 0. The second-order valence-corrected chi connectivity index (χ2v) is 3.87. The highest BCUT2D eigenvalue weighted by Crippen LogP contribution is 2.23. The Hall–Kier alpha value is -1.59. The number of benzene rings is 1. The summed E-state index contributed by atoms with van der Waals surface area (Å²) in [4.78, 5) is 4.01. The van der Waals surface area contributed by atoms with Gasteiger partial charge in [0.15, 0.2) is 12.4 Å². The van der Waals surface area contributed by atoms with Gasteiger partial charge < -0.3 is 14.4 Å². The minimum atomic E-state index is -0.140. The van der Waals surface area contributed by atoms with Crippen molar-refractivity contribution in [2.45, 2.75) is 20.1 Å². The Kier molecular flexibility index (Phi) is 3.61. The van der Waals surface area contributed by atoms with Crippen LogP contribution >= 0.6 is 11.6 Å². The summed E-state index contributed by atoms with van der Waals surface area (Å²) in [6.07, 6.45) is 0. The second-order valence-electron chi connectivity index (χ2n) is 3.43. The van der Waals surface area contributed by atoms with Crippen molar-refractivity contribution in [3.8, 4) is 5.75 Å². The largest absolute Gasteiger partial charge is 0.483 e. The number of rotatable bonds is 4. The summed E-state index contributed by atoms with van der Waals surface area (Å²) in [5, 5.41) is 13.4. The highest BCUT2D eigenvalue weighted by molar-refractivity contribution is 6.30. The molecule has 0 aliphatic heterocycles. The minimum absolute atomic E-state index is 0.140. The third-order valence-electron chi connectivity index (χ3n) is 2.11. The van der Waals surface area contributed by atoms with Crippen LogP contribution in [-0.4, -0.2) is 15.2 Å². The molecule has 17 heavy (non-hydrogen) atoms. The summed E-state index contributed by atoms with van der Waals surface area (Å²) in [6.45, 7) is 1.75. The fourth-order valence-electron chi connectivity index (χ4n) is 1.35. The van der Waals surface area contributed by atoms with Gasteiger partial charge >= 0.3 is 0 Å². The highest BCUT2D eigenvalue weighted by Gasteiger charge is 2.07. The van der Waals surface area contributed by atoms with E-state index in [0.29, 0.717) is 28.1 Å². The van der Waals surface area contributed by atoms with Gasteiger partial charge in [0, 0.05) is 10.6 Å². The van der Waals surface area contributed by atoms with Gasteiger partial charge in [-0.25, -0.2) is 0 Å². The molecular formula is C11H11ClN2O3. The molecule has 0 fully saturated rings. The first-order chi connectivity index (χ1) is 8.19. The van der Waals surface area contributed by atoms with Crippen molar-refractivity contribution in [1.82, 2.24) is 10.1 Å². The molecule has 0 aliphatic rings. The zero-order chi connectivity index (χ0) is 12.3. The third-order valence-corrected chi connectivity index (χ3v) is 2.35. The van der Waals surface area contributed by atoms with E-state index < -0.39 is 0 Å². The maximum atomic E-state index is 9.15. The first-order valence-corrected chi connectivity index (χ1v) is 5.38. The number of aliphatic hydroxyl groups is 1. The Balaban J connectivity index is 2.08. The van der Waals surface area contributed by atoms with Crippen LogP contribution < -0.4 is 4.74 Å². The number of hydrogen-bond donors (Lipinski definition) is 1. The van der Waals surface area contributed by atoms with E-state index in [1.54, 1.807) is 25.1 Å². The highest BCUT2D eigenvalue weighted by atomic mass is 35.5. The molecule has 0 aliphatic carbocycles. The quantitative estimate of drug-likeness (QED) is 0.905. The van der Waals surface area contributed by atoms with E-state index >= 15 is 0 Å². The molecule has 1 aromatic heterocycles. The van der Waals surface area contributed by atoms with Crippen LogP contribution in [0.2, 0.25) is 5.02 Å². The Labute approximate surface area is 103 Å². The lowest BCUT2D eigenvalue weighted by atomic mass is 10.2. The third kappa shape index (κ3) is 2.95. The predicted molar refractivity (Wildman–Crippen MR) is 60.7 cm³/mol. The molecule has 1 heterocycles. The number of aliphatic hydroxyl groups excluding tert-OH is 1. The van der Waals surface area contributed by atoms with Gasteiger partial charge in [-0.3, -0.25) is 0 Å². The average molecular weight is 255 g/mol. The van der Waals surface area contributed by atoms with Gasteiger partial charge in [0.2, 0.25) is 0 Å². The standard InChI is InChI=1S/C11H11ClN2O3/c1-7-13-11(17-14-7)6-16-10-3-2-9(12)4-8(10)5-15/h2-4,15H,5-6H2,1H3. The van der Waals surface area contributed by atoms with Crippen molar-refractivity contribution in [2.75, 3.05) is 0 Å². The van der Waals surface area contributed by atoms with E-state index in [2.05, 4.69) is 10.1 Å². The SMILES string of the molecule is Cc1noc(COc2ccc(Cl)cc2CO)n1. The van der Waals surface area contributed by atoms with Gasteiger partial charge in [-0.1, -0.05) is 16.8 Å². The molecule has 0 saturated carbocycles. The normalized spacial score (nSPS) is 10.5. The fraction of sp³-hybridized carbons (Fsp3) is 0.273. The molecule has 0 radical (unpaired) electrons. The smallest absolute Gasteiger partial charge is 0.264 e. The van der Waals surface area contributed by atoms with Gasteiger partial charge in [0.1, 0.15) is 5.75 Å². The molecule has 0 amide bonds. The van der Waals surface area contributed by atoms with Crippen LogP contribution in [-0.2, 0) is 13.2 Å². The number of ether oxygens (including phenoxy) is 1. The molecule has 6 heteroatoms. The van der Waals surface area contributed by atoms with Crippen molar-refractivity contribution in [1.29, 1.82) is 0 Å². The molecule has 2 aromatic rings. The molecule has 1 N–H and O–H groups in total. The summed E-state index contributed by atoms with van der Waals surface area (Å²) in [5.41, 5.74) is 0.619. The monoisotopic (exact) mass is 254 g/mol. The molecule has 1 aromatic carbocycles. The second kappa shape index (κ2) is 5.16. The lowest BCUT2D eigenvalue weighted by molar-refractivity contribution is 0.229. The van der Waals surface area contributed by atoms with Gasteiger partial charge in [0.05, 0.1) is 6.61 Å². The number of hydrogen-bond acceptors (Lipinski definition) is 5. The van der Waals surface area contributed by atoms with E-state index in [1.165, 1.54) is 0 Å². The lowest BCUT2D eigenvalue weighted by Crippen LogP contribution is -1.99. The average Bonchev–Trinajstić information content (AvgIpc) is 2.73. The molecule has 90 valence electrons. The molecule has 2 rings (SSSR count). The van der Waals surface area contributed by atoms with E-state index in [1.807, 2.05) is 0 Å². The number of aromatic nitrogens is 2. The van der Waals surface area contributed by atoms with Crippen molar-refractivity contribution in [3.63, 3.8) is 0 Å². The zero-order valence-corrected chi connectivity index (χ0v) is 9.94. The maximum absolute atomic E-state index is 9.15. The van der Waals surface area contributed by atoms with Crippen LogP contribution in [0.3, 0.4) is 0 Å². The van der Waals surface area contributed by atoms with Gasteiger partial charge in [0.25, 0.3) is 5.89 Å². The van der Waals surface area contributed by atoms with Crippen molar-refractivity contribution < 1.29 is 14.4 Å². The molecule has 5 nitrogen and oxygen atoms in total. The molecule has 0 spiro atoms. The Morgan fingerprint density at radius 3 is 2.94 bits per heavy atom. The van der Waals surface area contributed by atoms with E-state index in [0.717, 1.165) is 0 Å². The van der Waals surface area contributed by atoms with Crippen LogP contribution in [0.15, 0.2) is 22.7 Å². The van der Waals surface area contributed by atoms with Crippen LogP contribution in [0.1, 0.15) is 17.3 Å². The van der Waals surface area contributed by atoms with Crippen LogP contribution in [0.5, 0.6) is 5.75 Å². The van der Waals surface area contributed by atoms with Crippen molar-refractivity contribution in [3.05, 3.63) is 40.5 Å². The number of halogens is 1. The molecule has 0 bridgehead atoms. The predicted octanol–water partition coefficient (Wildman–Crippen LogP) is 2.10. The lowest BCUT2D eigenvalue weighted by Gasteiger charge is -2.08. The van der Waals surface area contributed by atoms with Crippen molar-refractivity contribution >= 4 is 11.6 Å². The molecule has 0 atom stereocenters. The maximum Gasteiger partial charge on any atom is 0.264 e. The van der Waals surface area contributed by atoms with Crippen LogP contribution in [0.25, 0.3) is 0 Å². The van der Waals surface area contributed by atoms with Gasteiger partial charge in [-0.2, -0.15) is 4.98 Å². The summed E-state index contributed by atoms with van der Waals surface area (Å²) >= 11 is 5.81. The minimum Gasteiger partial charge on any atom is -0.483 e. The van der Waals surface area contributed by atoms with Crippen LogP contribution in [0, 0.1) is 6.92 Å². The first kappa shape index (κ1) is 11.9. The number of nitrogens with zero attached hydrogens (tertiary/aromatic N) is 2. The summed E-state index contributed by atoms with van der Waals surface area (Å²) in [6, 6.07) is 5.03. The summed E-state index contributed by atoms with van der Waals surface area (Å²) < 4.78 is 10.4. The van der Waals surface area contributed by atoms with Gasteiger partial charge in [-0.15, -0.1) is 0 Å². The first-order valence-electron chi connectivity index (χ1n) is 5.00. The molecule has 0 saturated heterocycles. The molecular weight excluding hydrogens is 244 g/mol. The van der Waals surface area contributed by atoms with E-state index in [4.69, 9.17) is 26.0 Å². The molecule has 0 unspecified atom stereocenters. The van der Waals surface area contributed by atoms with Gasteiger partial charge in [-0.05, 0) is 25.1 Å². The van der Waals surface area contributed by atoms with Crippen LogP contribution in [0.4, 0.5) is 0 Å². The Morgan fingerprint density at radius 1 is 1.47 bits per heavy atom. The van der Waals surface area contributed by atoms with E-state index in [-0.39, 0.29) is 13.2 Å². The summed E-state index contributed by atoms with van der Waals surface area (Å²) in [5.74, 6) is 1.50. The Bertz CT molecular complexity index is 513.